The summed E-state index contributed by atoms with van der Waals surface area (Å²) in [4.78, 5) is 17.7. The van der Waals surface area contributed by atoms with Gasteiger partial charge in [-0.25, -0.2) is 8.42 Å². The Bertz CT molecular complexity index is 957. The van der Waals surface area contributed by atoms with Gasteiger partial charge in [0.25, 0.3) is 10.0 Å². The third-order valence-corrected chi connectivity index (χ3v) is 7.92. The molecule has 0 radical (unpaired) electrons. The van der Waals surface area contributed by atoms with Crippen LogP contribution in [-0.2, 0) is 20.6 Å². The van der Waals surface area contributed by atoms with Crippen LogP contribution in [0.3, 0.4) is 0 Å². The molecule has 0 atom stereocenters. The Kier molecular flexibility index (Phi) is 6.96. The SMILES string of the molecule is O=C(CCN=C1NS(=O)(=O)c2ccccc21)NCCSCc1ccc(Br)s1. The van der Waals surface area contributed by atoms with Gasteiger partial charge < -0.3 is 5.32 Å². The summed E-state index contributed by atoms with van der Waals surface area (Å²) in [5.41, 5.74) is 0.550. The molecule has 1 aliphatic heterocycles. The van der Waals surface area contributed by atoms with Crippen molar-refractivity contribution in [3.05, 3.63) is 50.6 Å². The van der Waals surface area contributed by atoms with Crippen molar-refractivity contribution in [2.75, 3.05) is 18.8 Å². The molecule has 3 rings (SSSR count). The van der Waals surface area contributed by atoms with Crippen molar-refractivity contribution in [2.45, 2.75) is 17.1 Å². The van der Waals surface area contributed by atoms with E-state index in [1.54, 1.807) is 47.4 Å². The van der Waals surface area contributed by atoms with Gasteiger partial charge in [0.1, 0.15) is 5.84 Å². The maximum Gasteiger partial charge on any atom is 0.263 e. The minimum Gasteiger partial charge on any atom is -0.355 e. The molecule has 10 heteroatoms. The monoisotopic (exact) mass is 487 g/mol. The fraction of sp³-hybridized carbons (Fsp3) is 0.294. The summed E-state index contributed by atoms with van der Waals surface area (Å²) >= 11 is 6.93. The van der Waals surface area contributed by atoms with Crippen molar-refractivity contribution in [3.8, 4) is 0 Å². The molecule has 0 fully saturated rings. The Balaban J connectivity index is 1.38. The number of aliphatic imine (C=N–C) groups is 1. The lowest BCUT2D eigenvalue weighted by Crippen LogP contribution is -2.27. The number of amides is 1. The molecule has 2 aromatic rings. The third-order valence-electron chi connectivity index (χ3n) is 3.71. The number of amidine groups is 1. The molecule has 0 aliphatic carbocycles. The zero-order chi connectivity index (χ0) is 19.3. The number of thiophene rings is 1. The highest BCUT2D eigenvalue weighted by Gasteiger charge is 2.29. The topological polar surface area (TPSA) is 87.6 Å². The largest absolute Gasteiger partial charge is 0.355 e. The molecule has 1 aromatic heterocycles. The van der Waals surface area contributed by atoms with Crippen molar-refractivity contribution < 1.29 is 13.2 Å². The lowest BCUT2D eigenvalue weighted by atomic mass is 10.2. The predicted octanol–water partition coefficient (Wildman–Crippen LogP) is 2.99. The number of fused-ring (bicyclic) bond motifs is 1. The highest BCUT2D eigenvalue weighted by atomic mass is 79.9. The van der Waals surface area contributed by atoms with Gasteiger partial charge in [0, 0.05) is 34.9 Å². The van der Waals surface area contributed by atoms with Crippen LogP contribution in [0.1, 0.15) is 16.9 Å². The maximum atomic E-state index is 12.0. The molecule has 0 unspecified atom stereocenters. The first-order valence-corrected chi connectivity index (χ1v) is 12.5. The number of carbonyl (C=O) groups is 1. The van der Waals surface area contributed by atoms with Crippen LogP contribution in [0.4, 0.5) is 0 Å². The number of nitrogens with one attached hydrogen (secondary N) is 2. The lowest BCUT2D eigenvalue weighted by Gasteiger charge is -2.04. The van der Waals surface area contributed by atoms with Crippen molar-refractivity contribution >= 4 is 60.8 Å². The van der Waals surface area contributed by atoms with Crippen LogP contribution in [0, 0.1) is 0 Å². The Morgan fingerprint density at radius 2 is 2.07 bits per heavy atom. The number of carbonyl (C=O) groups excluding carboxylic acids is 1. The number of thioether (sulfide) groups is 1. The smallest absolute Gasteiger partial charge is 0.263 e. The molecule has 1 aliphatic rings. The highest BCUT2D eigenvalue weighted by molar-refractivity contribution is 9.11. The molecule has 0 bridgehead atoms. The molecule has 144 valence electrons. The van der Waals surface area contributed by atoms with Gasteiger partial charge in [-0.3, -0.25) is 14.5 Å². The molecule has 1 amide bonds. The maximum absolute atomic E-state index is 12.0. The number of hydrogen-bond donors (Lipinski definition) is 2. The van der Waals surface area contributed by atoms with E-state index in [0.29, 0.717) is 17.9 Å². The van der Waals surface area contributed by atoms with Crippen LogP contribution < -0.4 is 10.0 Å². The van der Waals surface area contributed by atoms with Crippen LogP contribution in [0.25, 0.3) is 0 Å². The van der Waals surface area contributed by atoms with Crippen molar-refractivity contribution in [1.29, 1.82) is 0 Å². The van der Waals surface area contributed by atoms with Crippen LogP contribution in [0.15, 0.2) is 50.1 Å². The van der Waals surface area contributed by atoms with Gasteiger partial charge >= 0.3 is 0 Å². The van der Waals surface area contributed by atoms with Gasteiger partial charge in [0.2, 0.25) is 5.91 Å². The minimum absolute atomic E-state index is 0.0899. The quantitative estimate of drug-likeness (QED) is 0.560. The van der Waals surface area contributed by atoms with E-state index in [0.717, 1.165) is 15.3 Å². The van der Waals surface area contributed by atoms with E-state index in [9.17, 15) is 13.2 Å². The van der Waals surface area contributed by atoms with Crippen molar-refractivity contribution in [1.82, 2.24) is 10.0 Å². The van der Waals surface area contributed by atoms with E-state index in [2.05, 4.69) is 37.0 Å². The Morgan fingerprint density at radius 3 is 2.85 bits per heavy atom. The molecule has 2 N–H and O–H groups in total. The first kappa shape index (κ1) is 20.4. The fourth-order valence-corrected chi connectivity index (χ4v) is 6.18. The molecule has 27 heavy (non-hydrogen) atoms. The molecular weight excluding hydrogens is 470 g/mol. The summed E-state index contributed by atoms with van der Waals surface area (Å²) < 4.78 is 27.5. The summed E-state index contributed by atoms with van der Waals surface area (Å²) in [5.74, 6) is 1.98. The molecular formula is C17H18BrN3O3S3. The van der Waals surface area contributed by atoms with E-state index >= 15 is 0 Å². The van der Waals surface area contributed by atoms with Crippen LogP contribution in [-0.4, -0.2) is 39.0 Å². The summed E-state index contributed by atoms with van der Waals surface area (Å²) in [5, 5.41) is 2.86. The van der Waals surface area contributed by atoms with E-state index in [-0.39, 0.29) is 23.8 Å². The number of rotatable bonds is 8. The van der Waals surface area contributed by atoms with Gasteiger partial charge in [0.15, 0.2) is 0 Å². The van der Waals surface area contributed by atoms with Crippen LogP contribution in [0.2, 0.25) is 0 Å². The van der Waals surface area contributed by atoms with Crippen LogP contribution in [0.5, 0.6) is 0 Å². The van der Waals surface area contributed by atoms with E-state index in [4.69, 9.17) is 0 Å². The third kappa shape index (κ3) is 5.56. The number of halogens is 1. The minimum atomic E-state index is -3.53. The average Bonchev–Trinajstić information content (AvgIpc) is 3.16. The average molecular weight is 488 g/mol. The first-order chi connectivity index (χ1) is 13.0. The van der Waals surface area contributed by atoms with Crippen molar-refractivity contribution in [3.63, 3.8) is 0 Å². The summed E-state index contributed by atoms with van der Waals surface area (Å²) in [6.45, 7) is 0.830. The molecule has 6 nitrogen and oxygen atoms in total. The van der Waals surface area contributed by atoms with Crippen molar-refractivity contribution in [2.24, 2.45) is 4.99 Å². The van der Waals surface area contributed by atoms with Gasteiger partial charge in [-0.2, -0.15) is 11.8 Å². The molecule has 0 spiro atoms. The molecule has 2 heterocycles. The number of hydrogen-bond acceptors (Lipinski definition) is 6. The highest BCUT2D eigenvalue weighted by Crippen LogP contribution is 2.25. The zero-order valence-electron chi connectivity index (χ0n) is 14.3. The van der Waals surface area contributed by atoms with Gasteiger partial charge in [-0.05, 0) is 40.2 Å². The second-order valence-electron chi connectivity index (χ2n) is 5.69. The van der Waals surface area contributed by atoms with E-state index < -0.39 is 10.0 Å². The van der Waals surface area contributed by atoms with E-state index in [1.165, 1.54) is 4.88 Å². The Hall–Kier alpha value is -1.36. The Morgan fingerprint density at radius 1 is 1.26 bits per heavy atom. The fourth-order valence-electron chi connectivity index (χ4n) is 2.47. The second kappa shape index (κ2) is 9.22. The van der Waals surface area contributed by atoms with Crippen LogP contribution >= 0.6 is 39.0 Å². The van der Waals surface area contributed by atoms with Gasteiger partial charge in [-0.1, -0.05) is 12.1 Å². The van der Waals surface area contributed by atoms with Gasteiger partial charge in [-0.15, -0.1) is 11.3 Å². The molecule has 0 saturated carbocycles. The number of sulfonamides is 1. The van der Waals surface area contributed by atoms with E-state index in [1.807, 2.05) is 6.07 Å². The number of nitrogens with zero attached hydrogens (tertiary/aromatic N) is 1. The summed E-state index contributed by atoms with van der Waals surface area (Å²) in [7, 11) is -3.53. The molecule has 0 saturated heterocycles. The zero-order valence-corrected chi connectivity index (χ0v) is 18.3. The summed E-state index contributed by atoms with van der Waals surface area (Å²) in [6.07, 6.45) is 0.218. The number of benzene rings is 1. The van der Waals surface area contributed by atoms with Gasteiger partial charge in [0.05, 0.1) is 15.2 Å². The lowest BCUT2D eigenvalue weighted by molar-refractivity contribution is -0.120. The predicted molar refractivity (Wildman–Crippen MR) is 114 cm³/mol. The first-order valence-electron chi connectivity index (χ1n) is 8.21. The summed E-state index contributed by atoms with van der Waals surface area (Å²) in [6, 6.07) is 10.8. The normalized spacial score (nSPS) is 16.1. The second-order valence-corrected chi connectivity index (χ2v) is 11.0. The standard InChI is InChI=1S/C17H18BrN3O3S3/c18-15-6-5-12(26-15)11-25-10-9-19-16(22)7-8-20-17-13-3-1-2-4-14(13)27(23,24)21-17/h1-6H,7-11H2,(H,19,22)(H,20,21). The molecule has 1 aromatic carbocycles. The Labute approximate surface area is 175 Å².